The number of aliphatic hydroxyl groups is 1. The largest absolute Gasteiger partial charge is 0.395 e. The Kier molecular flexibility index (Phi) is 6.92. The Hall–Kier alpha value is -0.160. The smallest absolute Gasteiger partial charge is 0.0589 e. The minimum atomic E-state index is 0.233. The van der Waals surface area contributed by atoms with E-state index in [0.29, 0.717) is 6.04 Å². The van der Waals surface area contributed by atoms with Crippen molar-refractivity contribution in [2.45, 2.75) is 25.3 Å². The van der Waals surface area contributed by atoms with Crippen LogP contribution in [0.15, 0.2) is 0 Å². The van der Waals surface area contributed by atoms with E-state index in [1.165, 1.54) is 19.3 Å². The lowest BCUT2D eigenvalue weighted by Crippen LogP contribution is -2.45. The molecule has 1 fully saturated rings. The lowest BCUT2D eigenvalue weighted by Gasteiger charge is -2.30. The molecule has 0 aliphatic carbocycles. The van der Waals surface area contributed by atoms with Crippen LogP contribution in [0.2, 0.25) is 0 Å². The van der Waals surface area contributed by atoms with Crippen molar-refractivity contribution in [3.8, 4) is 0 Å². The standard InChI is InChI=1S/C11H24N2O2/c1-15-9-7-13(6-8-14)10-11-4-2-3-5-12-11/h11-12,14H,2-10H2,1H3. The molecular formula is C11H24N2O2. The molecule has 1 saturated heterocycles. The molecular weight excluding hydrogens is 192 g/mol. The molecule has 1 heterocycles. The van der Waals surface area contributed by atoms with Crippen molar-refractivity contribution in [2.75, 3.05) is 46.5 Å². The van der Waals surface area contributed by atoms with Gasteiger partial charge in [0.2, 0.25) is 0 Å². The maximum atomic E-state index is 8.96. The second-order valence-corrected chi connectivity index (χ2v) is 4.16. The third-order valence-electron chi connectivity index (χ3n) is 2.92. The predicted octanol–water partition coefficient (Wildman–Crippen LogP) is 0.0692. The second kappa shape index (κ2) is 8.05. The van der Waals surface area contributed by atoms with Gasteiger partial charge in [0.1, 0.15) is 0 Å². The van der Waals surface area contributed by atoms with E-state index in [1.807, 2.05) is 0 Å². The molecule has 1 atom stereocenters. The van der Waals surface area contributed by atoms with E-state index >= 15 is 0 Å². The molecule has 2 N–H and O–H groups in total. The zero-order valence-electron chi connectivity index (χ0n) is 9.74. The van der Waals surface area contributed by atoms with Crippen molar-refractivity contribution in [3.63, 3.8) is 0 Å². The normalized spacial score (nSPS) is 22.2. The average molecular weight is 216 g/mol. The van der Waals surface area contributed by atoms with Crippen LogP contribution >= 0.6 is 0 Å². The number of hydrogen-bond donors (Lipinski definition) is 2. The summed E-state index contributed by atoms with van der Waals surface area (Å²) in [5, 5.41) is 12.5. The number of nitrogens with zero attached hydrogens (tertiary/aromatic N) is 1. The highest BCUT2D eigenvalue weighted by Crippen LogP contribution is 2.08. The number of ether oxygens (including phenoxy) is 1. The van der Waals surface area contributed by atoms with E-state index in [2.05, 4.69) is 10.2 Å². The molecule has 1 aliphatic heterocycles. The minimum absolute atomic E-state index is 0.233. The van der Waals surface area contributed by atoms with Gasteiger partial charge in [0.05, 0.1) is 13.2 Å². The first-order valence-electron chi connectivity index (χ1n) is 5.92. The summed E-state index contributed by atoms with van der Waals surface area (Å²) in [5.41, 5.74) is 0. The number of nitrogens with one attached hydrogen (secondary N) is 1. The lowest BCUT2D eigenvalue weighted by molar-refractivity contribution is 0.120. The highest BCUT2D eigenvalue weighted by molar-refractivity contribution is 4.76. The van der Waals surface area contributed by atoms with E-state index in [-0.39, 0.29) is 6.61 Å². The lowest BCUT2D eigenvalue weighted by atomic mass is 10.0. The summed E-state index contributed by atoms with van der Waals surface area (Å²) >= 11 is 0. The van der Waals surface area contributed by atoms with Crippen LogP contribution in [0.5, 0.6) is 0 Å². The SMILES string of the molecule is COCCN(CCO)CC1CCCCN1. The first kappa shape index (κ1) is 12.9. The Labute approximate surface area is 92.6 Å². The van der Waals surface area contributed by atoms with Crippen molar-refractivity contribution < 1.29 is 9.84 Å². The van der Waals surface area contributed by atoms with Crippen molar-refractivity contribution in [3.05, 3.63) is 0 Å². The molecule has 0 aromatic carbocycles. The number of aliphatic hydroxyl groups excluding tert-OH is 1. The Morgan fingerprint density at radius 3 is 2.87 bits per heavy atom. The van der Waals surface area contributed by atoms with Gasteiger partial charge >= 0.3 is 0 Å². The van der Waals surface area contributed by atoms with Crippen molar-refractivity contribution in [1.82, 2.24) is 10.2 Å². The molecule has 0 saturated carbocycles. The number of methoxy groups -OCH3 is 1. The summed E-state index contributed by atoms with van der Waals surface area (Å²) in [5.74, 6) is 0. The summed E-state index contributed by atoms with van der Waals surface area (Å²) in [7, 11) is 1.72. The molecule has 15 heavy (non-hydrogen) atoms. The van der Waals surface area contributed by atoms with Gasteiger partial charge < -0.3 is 15.2 Å². The maximum Gasteiger partial charge on any atom is 0.0589 e. The van der Waals surface area contributed by atoms with E-state index < -0.39 is 0 Å². The fraction of sp³-hybridized carbons (Fsp3) is 1.00. The topological polar surface area (TPSA) is 44.7 Å². The molecule has 0 amide bonds. The fourth-order valence-electron chi connectivity index (χ4n) is 2.05. The van der Waals surface area contributed by atoms with Gasteiger partial charge in [0, 0.05) is 32.8 Å². The molecule has 90 valence electrons. The Bertz CT molecular complexity index is 150. The van der Waals surface area contributed by atoms with E-state index in [9.17, 15) is 0 Å². The molecule has 4 heteroatoms. The number of hydrogen-bond acceptors (Lipinski definition) is 4. The van der Waals surface area contributed by atoms with Gasteiger partial charge in [0.25, 0.3) is 0 Å². The summed E-state index contributed by atoms with van der Waals surface area (Å²) in [6, 6.07) is 0.599. The van der Waals surface area contributed by atoms with Gasteiger partial charge in [-0.15, -0.1) is 0 Å². The van der Waals surface area contributed by atoms with Crippen LogP contribution in [0.4, 0.5) is 0 Å². The second-order valence-electron chi connectivity index (χ2n) is 4.16. The van der Waals surface area contributed by atoms with Crippen LogP contribution < -0.4 is 5.32 Å². The van der Waals surface area contributed by atoms with Gasteiger partial charge in [-0.05, 0) is 19.4 Å². The van der Waals surface area contributed by atoms with Gasteiger partial charge in [0.15, 0.2) is 0 Å². The van der Waals surface area contributed by atoms with Crippen LogP contribution in [0.3, 0.4) is 0 Å². The zero-order valence-corrected chi connectivity index (χ0v) is 9.74. The van der Waals surface area contributed by atoms with Crippen LogP contribution in [-0.2, 0) is 4.74 Å². The highest BCUT2D eigenvalue weighted by atomic mass is 16.5. The van der Waals surface area contributed by atoms with Gasteiger partial charge in [-0.1, -0.05) is 6.42 Å². The Morgan fingerprint density at radius 2 is 2.27 bits per heavy atom. The third-order valence-corrected chi connectivity index (χ3v) is 2.92. The molecule has 0 bridgehead atoms. The Balaban J connectivity index is 2.21. The van der Waals surface area contributed by atoms with Crippen molar-refractivity contribution in [2.24, 2.45) is 0 Å². The monoisotopic (exact) mass is 216 g/mol. The molecule has 0 radical (unpaired) electrons. The van der Waals surface area contributed by atoms with E-state index in [0.717, 1.165) is 32.8 Å². The van der Waals surface area contributed by atoms with Crippen LogP contribution in [0, 0.1) is 0 Å². The molecule has 0 aromatic heterocycles. The average Bonchev–Trinajstić information content (AvgIpc) is 2.28. The molecule has 4 nitrogen and oxygen atoms in total. The molecule has 1 aliphatic rings. The van der Waals surface area contributed by atoms with Gasteiger partial charge in [-0.25, -0.2) is 0 Å². The Morgan fingerprint density at radius 1 is 1.40 bits per heavy atom. The summed E-state index contributed by atoms with van der Waals surface area (Å²) in [6.45, 7) is 4.81. The first-order valence-corrected chi connectivity index (χ1v) is 5.92. The van der Waals surface area contributed by atoms with Gasteiger partial charge in [-0.3, -0.25) is 4.90 Å². The first-order chi connectivity index (χ1) is 7.36. The third kappa shape index (κ3) is 5.47. The van der Waals surface area contributed by atoms with E-state index in [1.54, 1.807) is 7.11 Å². The molecule has 1 unspecified atom stereocenters. The summed E-state index contributed by atoms with van der Waals surface area (Å²) in [4.78, 5) is 2.27. The zero-order chi connectivity index (χ0) is 10.9. The predicted molar refractivity (Wildman–Crippen MR) is 61.0 cm³/mol. The fourth-order valence-corrected chi connectivity index (χ4v) is 2.05. The van der Waals surface area contributed by atoms with E-state index in [4.69, 9.17) is 9.84 Å². The molecule has 1 rings (SSSR count). The van der Waals surface area contributed by atoms with Gasteiger partial charge in [-0.2, -0.15) is 0 Å². The van der Waals surface area contributed by atoms with Crippen LogP contribution in [0.1, 0.15) is 19.3 Å². The summed E-state index contributed by atoms with van der Waals surface area (Å²) < 4.78 is 5.06. The number of rotatable bonds is 7. The minimum Gasteiger partial charge on any atom is -0.395 e. The highest BCUT2D eigenvalue weighted by Gasteiger charge is 2.15. The van der Waals surface area contributed by atoms with Crippen molar-refractivity contribution >= 4 is 0 Å². The maximum absolute atomic E-state index is 8.96. The van der Waals surface area contributed by atoms with Crippen LogP contribution in [0.25, 0.3) is 0 Å². The van der Waals surface area contributed by atoms with Crippen LogP contribution in [-0.4, -0.2) is 62.6 Å². The molecule has 0 aromatic rings. The molecule has 0 spiro atoms. The van der Waals surface area contributed by atoms with Crippen molar-refractivity contribution in [1.29, 1.82) is 0 Å². The number of piperidine rings is 1. The summed E-state index contributed by atoms with van der Waals surface area (Å²) in [6.07, 6.45) is 3.89. The quantitative estimate of drug-likeness (QED) is 0.632.